The van der Waals surface area contributed by atoms with E-state index >= 15 is 0 Å². The van der Waals surface area contributed by atoms with Gasteiger partial charge in [0.25, 0.3) is 5.91 Å². The maximum Gasteiger partial charge on any atom is 0.313 e. The highest BCUT2D eigenvalue weighted by Crippen LogP contribution is 2.50. The van der Waals surface area contributed by atoms with Gasteiger partial charge in [-0.1, -0.05) is 66.3 Å². The highest BCUT2D eigenvalue weighted by atomic mass is 35.5. The molecular weight excluding hydrogens is 538 g/mol. The number of amides is 2. The molecule has 0 unspecified atom stereocenters. The predicted octanol–water partition coefficient (Wildman–Crippen LogP) is 5.39. The monoisotopic (exact) mass is 561 g/mol. The summed E-state index contributed by atoms with van der Waals surface area (Å²) < 4.78 is 7.05. The number of aromatic nitrogens is 1. The highest BCUT2D eigenvalue weighted by molar-refractivity contribution is 7.10. The summed E-state index contributed by atoms with van der Waals surface area (Å²) in [6, 6.07) is 24.3. The molecule has 6 rings (SSSR count). The molecule has 3 heterocycles. The summed E-state index contributed by atoms with van der Waals surface area (Å²) in [7, 11) is 0. The smallest absolute Gasteiger partial charge is 0.313 e. The molecule has 198 valence electrons. The largest absolute Gasteiger partial charge is 0.494 e. The fourth-order valence-corrected chi connectivity index (χ4v) is 6.46. The molecule has 2 saturated heterocycles. The van der Waals surface area contributed by atoms with Crippen molar-refractivity contribution in [3.8, 4) is 11.4 Å². The van der Waals surface area contributed by atoms with E-state index in [9.17, 15) is 14.4 Å². The summed E-state index contributed by atoms with van der Waals surface area (Å²) in [4.78, 5) is 48.2. The Bertz CT molecular complexity index is 1570. The fraction of sp³-hybridized carbons (Fsp3) is 0.207. The van der Waals surface area contributed by atoms with E-state index in [1.54, 1.807) is 36.4 Å². The standard InChI is InChI=1S/C29H24ClN3O5S/c1-2-17-37-21-15-13-19(14-16-21)32-27(34)22-23(33(38-24(22)28(32)35)20-11-7-4-8-12-20)25-26(30)31(29(36)39-25)18-9-5-3-6-10-18/h3-16,22-24H,2,17H2,1H3/t22-,23+,24-/m1/s1. The molecule has 0 aliphatic carbocycles. The van der Waals surface area contributed by atoms with E-state index < -0.39 is 29.9 Å². The zero-order valence-corrected chi connectivity index (χ0v) is 22.5. The lowest BCUT2D eigenvalue weighted by Crippen LogP contribution is -2.37. The highest BCUT2D eigenvalue weighted by Gasteiger charge is 2.61. The number of halogens is 1. The number of thiazole rings is 1. The van der Waals surface area contributed by atoms with Gasteiger partial charge in [0.2, 0.25) is 5.91 Å². The first-order chi connectivity index (χ1) is 19.0. The van der Waals surface area contributed by atoms with Crippen LogP contribution in [0.2, 0.25) is 5.15 Å². The van der Waals surface area contributed by atoms with Crippen LogP contribution in [-0.4, -0.2) is 29.1 Å². The molecule has 0 saturated carbocycles. The van der Waals surface area contributed by atoms with Crippen LogP contribution in [0.4, 0.5) is 11.4 Å². The van der Waals surface area contributed by atoms with Gasteiger partial charge in [0.1, 0.15) is 22.9 Å². The van der Waals surface area contributed by atoms with Crippen molar-refractivity contribution in [3.63, 3.8) is 0 Å². The average molecular weight is 562 g/mol. The summed E-state index contributed by atoms with van der Waals surface area (Å²) >= 11 is 7.80. The van der Waals surface area contributed by atoms with Gasteiger partial charge in [-0.3, -0.25) is 23.8 Å². The van der Waals surface area contributed by atoms with E-state index in [4.69, 9.17) is 21.2 Å². The summed E-state index contributed by atoms with van der Waals surface area (Å²) in [5.41, 5.74) is 1.68. The molecule has 0 spiro atoms. The van der Waals surface area contributed by atoms with Crippen molar-refractivity contribution in [1.82, 2.24) is 4.57 Å². The van der Waals surface area contributed by atoms with Gasteiger partial charge in [-0.05, 0) is 55.0 Å². The summed E-state index contributed by atoms with van der Waals surface area (Å²) in [5.74, 6) is -1.14. The minimum atomic E-state index is -1.07. The van der Waals surface area contributed by atoms with E-state index in [1.807, 2.05) is 55.5 Å². The number of para-hydroxylation sites is 2. The number of carbonyl (C=O) groups excluding carboxylic acids is 2. The Balaban J connectivity index is 1.42. The number of ether oxygens (including phenoxy) is 1. The lowest BCUT2D eigenvalue weighted by molar-refractivity contribution is -0.126. The molecule has 39 heavy (non-hydrogen) atoms. The van der Waals surface area contributed by atoms with Crippen molar-refractivity contribution >= 4 is 46.1 Å². The maximum atomic E-state index is 13.9. The molecule has 3 aromatic carbocycles. The third-order valence-corrected chi connectivity index (χ3v) is 8.25. The molecular formula is C29H24ClN3O5S. The number of benzene rings is 3. The topological polar surface area (TPSA) is 81.1 Å². The van der Waals surface area contributed by atoms with Crippen molar-refractivity contribution in [1.29, 1.82) is 0 Å². The SMILES string of the molecule is CCCOc1ccc(N2C(=O)[C@@H]3[C@@H](c4sc(=O)n(-c5ccccc5)c4Cl)N(c4ccccc4)O[C@H]3C2=O)cc1. The number of fused-ring (bicyclic) bond motifs is 1. The van der Waals surface area contributed by atoms with Gasteiger partial charge in [-0.25, -0.2) is 9.96 Å². The number of imide groups is 1. The number of hydrogen-bond acceptors (Lipinski definition) is 7. The van der Waals surface area contributed by atoms with Crippen molar-refractivity contribution in [2.75, 3.05) is 16.6 Å². The van der Waals surface area contributed by atoms with Crippen LogP contribution in [0.15, 0.2) is 89.7 Å². The Morgan fingerprint density at radius 1 is 0.846 bits per heavy atom. The fourth-order valence-electron chi connectivity index (χ4n) is 5.00. The van der Waals surface area contributed by atoms with Gasteiger partial charge in [-0.2, -0.15) is 0 Å². The van der Waals surface area contributed by atoms with Crippen LogP contribution >= 0.6 is 22.9 Å². The van der Waals surface area contributed by atoms with Crippen molar-refractivity contribution in [3.05, 3.63) is 105 Å². The van der Waals surface area contributed by atoms with E-state index in [2.05, 4.69) is 0 Å². The zero-order valence-electron chi connectivity index (χ0n) is 20.9. The Kier molecular flexibility index (Phi) is 6.72. The molecule has 8 nitrogen and oxygen atoms in total. The van der Waals surface area contributed by atoms with Crippen LogP contribution in [0.3, 0.4) is 0 Å². The van der Waals surface area contributed by atoms with E-state index in [0.717, 1.165) is 22.7 Å². The molecule has 2 fully saturated rings. The second kappa shape index (κ2) is 10.3. The van der Waals surface area contributed by atoms with Crippen molar-refractivity contribution < 1.29 is 19.2 Å². The van der Waals surface area contributed by atoms with Gasteiger partial charge in [-0.15, -0.1) is 0 Å². The first-order valence-corrected chi connectivity index (χ1v) is 13.8. The quantitative estimate of drug-likeness (QED) is 0.281. The number of rotatable bonds is 7. The molecule has 1 aromatic heterocycles. The zero-order chi connectivity index (χ0) is 27.1. The maximum absolute atomic E-state index is 13.9. The number of carbonyl (C=O) groups is 2. The molecule has 3 atom stereocenters. The van der Waals surface area contributed by atoms with Gasteiger partial charge in [0.15, 0.2) is 6.10 Å². The molecule has 0 radical (unpaired) electrons. The normalized spacial score (nSPS) is 20.5. The molecule has 0 N–H and O–H groups in total. The van der Waals surface area contributed by atoms with Crippen LogP contribution in [0.1, 0.15) is 24.3 Å². The minimum Gasteiger partial charge on any atom is -0.494 e. The molecule has 10 heteroatoms. The van der Waals surface area contributed by atoms with Gasteiger partial charge >= 0.3 is 4.87 Å². The second-order valence-corrected chi connectivity index (χ2v) is 10.6. The number of hydrogen-bond donors (Lipinski definition) is 0. The van der Waals surface area contributed by atoms with Crippen LogP contribution in [-0.2, 0) is 14.4 Å². The molecule has 4 aromatic rings. The molecule has 2 aliphatic rings. The van der Waals surface area contributed by atoms with E-state index in [0.29, 0.717) is 34.3 Å². The first-order valence-electron chi connectivity index (χ1n) is 12.6. The van der Waals surface area contributed by atoms with Crippen LogP contribution < -0.4 is 19.6 Å². The third kappa shape index (κ3) is 4.32. The molecule has 0 bridgehead atoms. The molecule has 2 aliphatic heterocycles. The Morgan fingerprint density at radius 2 is 1.49 bits per heavy atom. The summed E-state index contributed by atoms with van der Waals surface area (Å²) in [6.07, 6.45) is -0.206. The van der Waals surface area contributed by atoms with Crippen molar-refractivity contribution in [2.45, 2.75) is 25.5 Å². The predicted molar refractivity (Wildman–Crippen MR) is 150 cm³/mol. The summed E-state index contributed by atoms with van der Waals surface area (Å²) in [5, 5.41) is 1.72. The number of hydroxylamine groups is 1. The summed E-state index contributed by atoms with van der Waals surface area (Å²) in [6.45, 7) is 2.59. The Hall–Kier alpha value is -3.92. The van der Waals surface area contributed by atoms with Gasteiger partial charge in [0.05, 0.1) is 28.5 Å². The van der Waals surface area contributed by atoms with Crippen LogP contribution in [0.25, 0.3) is 5.69 Å². The van der Waals surface area contributed by atoms with Crippen LogP contribution in [0, 0.1) is 5.92 Å². The Labute approximate surface area is 233 Å². The Morgan fingerprint density at radius 3 is 2.13 bits per heavy atom. The second-order valence-electron chi connectivity index (χ2n) is 9.21. The lowest BCUT2D eigenvalue weighted by Gasteiger charge is -2.28. The van der Waals surface area contributed by atoms with E-state index in [1.165, 1.54) is 9.63 Å². The van der Waals surface area contributed by atoms with Crippen molar-refractivity contribution in [2.24, 2.45) is 5.92 Å². The average Bonchev–Trinajstić information content (AvgIpc) is 3.57. The van der Waals surface area contributed by atoms with Gasteiger partial charge < -0.3 is 4.74 Å². The molecule has 2 amide bonds. The first kappa shape index (κ1) is 25.4. The third-order valence-electron chi connectivity index (χ3n) is 6.76. The lowest BCUT2D eigenvalue weighted by atomic mass is 9.95. The van der Waals surface area contributed by atoms with Crippen LogP contribution in [0.5, 0.6) is 5.75 Å². The minimum absolute atomic E-state index is 0.183. The number of anilines is 2. The number of nitrogens with zero attached hydrogens (tertiary/aromatic N) is 3. The van der Waals surface area contributed by atoms with E-state index in [-0.39, 0.29) is 10.0 Å². The van der Waals surface area contributed by atoms with Gasteiger partial charge in [0, 0.05) is 0 Å².